The molecule has 0 N–H and O–H groups in total. The van der Waals surface area contributed by atoms with E-state index in [4.69, 9.17) is 20.6 Å². The second-order valence-electron chi connectivity index (χ2n) is 4.68. The zero-order chi connectivity index (χ0) is 16.2. The number of halogens is 1. The van der Waals surface area contributed by atoms with Gasteiger partial charge < -0.3 is 9.05 Å². The lowest BCUT2D eigenvalue weighted by atomic mass is 10.1. The third-order valence-electron chi connectivity index (χ3n) is 3.35. The summed E-state index contributed by atoms with van der Waals surface area (Å²) in [7, 11) is -1.03. The van der Waals surface area contributed by atoms with Gasteiger partial charge >= 0.3 is 7.60 Å². The Bertz CT molecular complexity index is 679. The molecule has 0 radical (unpaired) electrons. The third-order valence-corrected chi connectivity index (χ3v) is 5.77. The van der Waals surface area contributed by atoms with Gasteiger partial charge in [0.25, 0.3) is 0 Å². The van der Waals surface area contributed by atoms with Crippen LogP contribution in [0, 0.1) is 0 Å². The van der Waals surface area contributed by atoms with Gasteiger partial charge in [0, 0.05) is 31.6 Å². The minimum atomic E-state index is -3.58. The Kier molecular flexibility index (Phi) is 5.59. The van der Waals surface area contributed by atoms with Crippen LogP contribution in [0.1, 0.15) is 10.4 Å². The molecule has 0 amide bonds. The molecule has 1 unspecified atom stereocenters. The van der Waals surface area contributed by atoms with Gasteiger partial charge in [0.15, 0.2) is 0 Å². The normalized spacial score (nSPS) is 13.0. The van der Waals surface area contributed by atoms with Gasteiger partial charge in [0.1, 0.15) is 5.66 Å². The molecule has 0 saturated carbocycles. The number of carbonyl (C=O) groups excluding carboxylic acids is 1. The standard InChI is InChI=1S/C15H17ClNO4P/c1-20-22(19,21-2)14(15(18)17-8-3-4-9-17)11-12-6-5-7-13(16)10-12/h3-10,14H,11H2,1-2H3. The van der Waals surface area contributed by atoms with Gasteiger partial charge in [-0.25, -0.2) is 0 Å². The molecule has 0 bridgehead atoms. The summed E-state index contributed by atoms with van der Waals surface area (Å²) in [6.07, 6.45) is 3.41. The van der Waals surface area contributed by atoms with Crippen LogP contribution in [0.5, 0.6) is 0 Å². The summed E-state index contributed by atoms with van der Waals surface area (Å²) >= 11 is 5.97. The van der Waals surface area contributed by atoms with E-state index in [0.717, 1.165) is 5.56 Å². The predicted molar refractivity (Wildman–Crippen MR) is 85.6 cm³/mol. The van der Waals surface area contributed by atoms with E-state index in [1.54, 1.807) is 42.7 Å². The third kappa shape index (κ3) is 3.68. The van der Waals surface area contributed by atoms with Gasteiger partial charge in [-0.3, -0.25) is 13.9 Å². The van der Waals surface area contributed by atoms with Gasteiger partial charge in [-0.2, -0.15) is 0 Å². The number of carbonyl (C=O) groups is 1. The fraction of sp³-hybridized carbons (Fsp3) is 0.267. The first kappa shape index (κ1) is 17.0. The van der Waals surface area contributed by atoms with E-state index in [-0.39, 0.29) is 12.3 Å². The number of nitrogens with zero attached hydrogens (tertiary/aromatic N) is 1. The van der Waals surface area contributed by atoms with E-state index < -0.39 is 13.3 Å². The minimum Gasteiger partial charge on any atom is -0.311 e. The average Bonchev–Trinajstić information content (AvgIpc) is 3.06. The molecule has 7 heteroatoms. The molecule has 1 atom stereocenters. The zero-order valence-corrected chi connectivity index (χ0v) is 14.0. The molecule has 0 aliphatic heterocycles. The molecule has 0 aliphatic rings. The SMILES string of the molecule is COP(=O)(OC)C(Cc1cccc(Cl)c1)C(=O)n1cccc1. The Hall–Kier alpha value is -1.39. The maximum Gasteiger partial charge on any atom is 0.342 e. The molecule has 5 nitrogen and oxygen atoms in total. The summed E-state index contributed by atoms with van der Waals surface area (Å²) in [4.78, 5) is 12.7. The Labute approximate surface area is 134 Å². The Morgan fingerprint density at radius 3 is 2.41 bits per heavy atom. The monoisotopic (exact) mass is 341 g/mol. The molecule has 118 valence electrons. The van der Waals surface area contributed by atoms with E-state index in [0.29, 0.717) is 5.02 Å². The van der Waals surface area contributed by atoms with Crippen LogP contribution in [0.3, 0.4) is 0 Å². The van der Waals surface area contributed by atoms with Crippen LogP contribution in [0.15, 0.2) is 48.8 Å². The van der Waals surface area contributed by atoms with E-state index in [1.165, 1.54) is 18.8 Å². The maximum atomic E-state index is 12.8. The summed E-state index contributed by atoms with van der Waals surface area (Å²) in [5.74, 6) is -0.350. The minimum absolute atomic E-state index is 0.205. The Balaban J connectivity index is 2.37. The van der Waals surface area contributed by atoms with Gasteiger partial charge in [-0.05, 0) is 36.2 Å². The van der Waals surface area contributed by atoms with Gasteiger partial charge in [0.2, 0.25) is 5.91 Å². The van der Waals surface area contributed by atoms with Gasteiger partial charge in [0.05, 0.1) is 0 Å². The van der Waals surface area contributed by atoms with Crippen molar-refractivity contribution in [2.45, 2.75) is 12.1 Å². The molecule has 22 heavy (non-hydrogen) atoms. The molecule has 1 aromatic heterocycles. The molecule has 1 heterocycles. The van der Waals surface area contributed by atoms with Crippen molar-refractivity contribution in [3.8, 4) is 0 Å². The van der Waals surface area contributed by atoms with Crippen molar-refractivity contribution in [3.63, 3.8) is 0 Å². The lowest BCUT2D eigenvalue weighted by molar-refractivity contribution is 0.0892. The van der Waals surface area contributed by atoms with Gasteiger partial charge in [-0.1, -0.05) is 23.7 Å². The first-order valence-electron chi connectivity index (χ1n) is 6.63. The van der Waals surface area contributed by atoms with Crippen LogP contribution < -0.4 is 0 Å². The quantitative estimate of drug-likeness (QED) is 0.748. The maximum absolute atomic E-state index is 12.8. The Morgan fingerprint density at radius 1 is 1.23 bits per heavy atom. The highest BCUT2D eigenvalue weighted by molar-refractivity contribution is 7.55. The molecule has 0 saturated heterocycles. The van der Waals surface area contributed by atoms with Crippen LogP contribution in [0.25, 0.3) is 0 Å². The van der Waals surface area contributed by atoms with Crippen LogP contribution in [0.4, 0.5) is 0 Å². The van der Waals surface area contributed by atoms with E-state index in [2.05, 4.69) is 0 Å². The van der Waals surface area contributed by atoms with Crippen molar-refractivity contribution < 1.29 is 18.4 Å². The van der Waals surface area contributed by atoms with Gasteiger partial charge in [-0.15, -0.1) is 0 Å². The van der Waals surface area contributed by atoms with Crippen molar-refractivity contribution in [3.05, 3.63) is 59.4 Å². The van der Waals surface area contributed by atoms with E-state index in [1.807, 2.05) is 6.07 Å². The summed E-state index contributed by atoms with van der Waals surface area (Å²) in [6, 6.07) is 10.5. The number of rotatable bonds is 6. The van der Waals surface area contributed by atoms with E-state index in [9.17, 15) is 9.36 Å². The lowest BCUT2D eigenvalue weighted by Crippen LogP contribution is -2.29. The Morgan fingerprint density at radius 2 is 1.86 bits per heavy atom. The fourth-order valence-electron chi connectivity index (χ4n) is 2.20. The number of benzene rings is 1. The largest absolute Gasteiger partial charge is 0.342 e. The topological polar surface area (TPSA) is 57.5 Å². The second kappa shape index (κ2) is 7.25. The molecular weight excluding hydrogens is 325 g/mol. The molecule has 2 rings (SSSR count). The average molecular weight is 342 g/mol. The van der Waals surface area contributed by atoms with Crippen molar-refractivity contribution in [1.29, 1.82) is 0 Å². The van der Waals surface area contributed by atoms with Crippen molar-refractivity contribution in [1.82, 2.24) is 4.57 Å². The first-order valence-corrected chi connectivity index (χ1v) is 8.62. The highest BCUT2D eigenvalue weighted by Gasteiger charge is 2.40. The highest BCUT2D eigenvalue weighted by atomic mass is 35.5. The molecule has 0 spiro atoms. The summed E-state index contributed by atoms with van der Waals surface area (Å²) in [5.41, 5.74) is -0.166. The highest BCUT2D eigenvalue weighted by Crippen LogP contribution is 2.53. The van der Waals surface area contributed by atoms with Crippen molar-refractivity contribution in [2.75, 3.05) is 14.2 Å². The van der Waals surface area contributed by atoms with Crippen LogP contribution in [0.2, 0.25) is 5.02 Å². The van der Waals surface area contributed by atoms with Crippen molar-refractivity contribution >= 4 is 25.1 Å². The lowest BCUT2D eigenvalue weighted by Gasteiger charge is -2.23. The summed E-state index contributed by atoms with van der Waals surface area (Å²) < 4.78 is 24.2. The van der Waals surface area contributed by atoms with Crippen LogP contribution >= 0.6 is 19.2 Å². The molecule has 1 aromatic carbocycles. The van der Waals surface area contributed by atoms with E-state index >= 15 is 0 Å². The number of aromatic nitrogens is 1. The second-order valence-corrected chi connectivity index (χ2v) is 7.55. The van der Waals surface area contributed by atoms with Crippen LogP contribution in [-0.2, 0) is 20.0 Å². The molecule has 0 aliphatic carbocycles. The summed E-state index contributed by atoms with van der Waals surface area (Å²) in [6.45, 7) is 0. The predicted octanol–water partition coefficient (Wildman–Crippen LogP) is 3.88. The zero-order valence-electron chi connectivity index (χ0n) is 12.3. The fourth-order valence-corrected chi connectivity index (χ4v) is 3.91. The first-order chi connectivity index (χ1) is 10.5. The smallest absolute Gasteiger partial charge is 0.311 e. The van der Waals surface area contributed by atoms with Crippen LogP contribution in [-0.4, -0.2) is 30.4 Å². The molecule has 0 fully saturated rings. The molecular formula is C15H17ClNO4P. The number of hydrogen-bond donors (Lipinski definition) is 0. The van der Waals surface area contributed by atoms with Crippen molar-refractivity contribution in [2.24, 2.45) is 0 Å². The summed E-state index contributed by atoms with van der Waals surface area (Å²) in [5, 5.41) is 0.550. The molecule has 2 aromatic rings. The number of hydrogen-bond acceptors (Lipinski definition) is 4.